The smallest absolute Gasteiger partial charge is 0.296 e. The van der Waals surface area contributed by atoms with Gasteiger partial charge in [-0.15, -0.1) is 10.2 Å². The number of azo groups is 2. The molecule has 2 fully saturated rings. The number of rotatable bonds is 26. The van der Waals surface area contributed by atoms with Crippen LogP contribution in [0.2, 0.25) is 0 Å². The zero-order chi connectivity index (χ0) is 67.7. The summed E-state index contributed by atoms with van der Waals surface area (Å²) in [5.74, 6) is -2.08. The van der Waals surface area contributed by atoms with E-state index in [0.29, 0.717) is 96.6 Å². The Hall–Kier alpha value is -8.92. The molecule has 2 amide bonds. The van der Waals surface area contributed by atoms with E-state index >= 15 is 0 Å². The number of Topliss-reactive ketones (excluding diaryl/α,β-unsaturated/α-hetero) is 2. The fourth-order valence-electron chi connectivity index (χ4n) is 10.3. The number of allylic oxidation sites excluding steroid dienone is 1. The van der Waals surface area contributed by atoms with Crippen LogP contribution in [0.1, 0.15) is 84.9 Å². The molecule has 94 heavy (non-hydrogen) atoms. The van der Waals surface area contributed by atoms with Crippen LogP contribution in [0.25, 0.3) is 6.08 Å². The molecule has 0 radical (unpaired) electrons. The van der Waals surface area contributed by atoms with Gasteiger partial charge in [0.05, 0.1) is 43.7 Å². The highest BCUT2D eigenvalue weighted by molar-refractivity contribution is 8.04. The van der Waals surface area contributed by atoms with Crippen molar-refractivity contribution in [2.24, 2.45) is 25.4 Å². The van der Waals surface area contributed by atoms with E-state index in [0.717, 1.165) is 73.4 Å². The molecule has 0 aliphatic carbocycles. The number of ketones is 2. The highest BCUT2D eigenvalue weighted by Crippen LogP contribution is 2.40. The summed E-state index contributed by atoms with van der Waals surface area (Å²) in [6.45, 7) is 15.7. The van der Waals surface area contributed by atoms with Crippen LogP contribution in [0.5, 0.6) is 0 Å². The van der Waals surface area contributed by atoms with Gasteiger partial charge < -0.3 is 56.2 Å². The third-order valence-corrected chi connectivity index (χ3v) is 18.8. The summed E-state index contributed by atoms with van der Waals surface area (Å²) in [6, 6.07) is 21.6. The molecule has 0 spiro atoms. The Morgan fingerprint density at radius 1 is 0.681 bits per heavy atom. The zero-order valence-electron chi connectivity index (χ0n) is 53.1. The number of hydrogen-bond donors (Lipinski definition) is 9. The first kappa shape index (κ1) is 70.9. The van der Waals surface area contributed by atoms with Gasteiger partial charge in [-0.05, 0) is 153 Å². The summed E-state index contributed by atoms with van der Waals surface area (Å²) in [7, 11) is -7.82. The van der Waals surface area contributed by atoms with E-state index in [1.807, 2.05) is 55.7 Å². The molecule has 32 heteroatoms. The van der Waals surface area contributed by atoms with Gasteiger partial charge >= 0.3 is 0 Å². The van der Waals surface area contributed by atoms with Crippen LogP contribution in [0, 0.1) is 5.41 Å². The van der Waals surface area contributed by atoms with Crippen molar-refractivity contribution in [3.63, 3.8) is 0 Å². The fraction of sp³-hybridized carbons (Fsp3) is 0.371. The Balaban J connectivity index is 1.09. The zero-order valence-corrected chi connectivity index (χ0v) is 56.4. The highest BCUT2D eigenvalue weighted by atomic mass is 32.2. The first-order chi connectivity index (χ1) is 45.0. The Morgan fingerprint density at radius 3 is 1.73 bits per heavy atom. The lowest BCUT2D eigenvalue weighted by atomic mass is 10.1. The summed E-state index contributed by atoms with van der Waals surface area (Å²) in [5.41, 5.74) is 1.30. The number of nitrogens with zero attached hydrogens (tertiary/aromatic N) is 10. The van der Waals surface area contributed by atoms with Crippen molar-refractivity contribution in [3.05, 3.63) is 118 Å². The summed E-state index contributed by atoms with van der Waals surface area (Å²) in [4.78, 5) is 71.6. The van der Waals surface area contributed by atoms with Crippen molar-refractivity contribution in [3.8, 4) is 0 Å². The third-order valence-electron chi connectivity index (χ3n) is 15.1. The van der Waals surface area contributed by atoms with Crippen molar-refractivity contribution in [2.45, 2.75) is 95.4 Å². The van der Waals surface area contributed by atoms with Crippen LogP contribution in [0.4, 0.5) is 56.4 Å². The summed E-state index contributed by atoms with van der Waals surface area (Å²) in [5, 5.41) is 46.0. The Bertz CT molecular complexity index is 4060. The molecule has 4 heterocycles. The molecule has 9 N–H and O–H groups in total. The molecule has 5 aromatic rings. The predicted octanol–water partition coefficient (Wildman–Crippen LogP) is 10.9. The Kier molecular flexibility index (Phi) is 24.7. The molecule has 1 atom stereocenters. The number of ether oxygens (including phenoxy) is 1. The molecular formula is C62H77N17O11S4. The number of anilines is 7. The van der Waals surface area contributed by atoms with Gasteiger partial charge in [-0.25, -0.2) is 0 Å². The molecule has 1 unspecified atom stereocenters. The van der Waals surface area contributed by atoms with E-state index in [-0.39, 0.29) is 46.3 Å². The van der Waals surface area contributed by atoms with Crippen LogP contribution < -0.4 is 46.6 Å². The van der Waals surface area contributed by atoms with Crippen LogP contribution in [-0.4, -0.2) is 143 Å². The number of aliphatic imine (C=N–C) groups is 1. The maximum atomic E-state index is 13.8. The lowest BCUT2D eigenvalue weighted by Crippen LogP contribution is -2.36. The van der Waals surface area contributed by atoms with Crippen molar-refractivity contribution in [1.82, 2.24) is 20.5 Å². The average molecular weight is 1360 g/mol. The maximum Gasteiger partial charge on any atom is 0.296 e. The Labute approximate surface area is 554 Å². The lowest BCUT2D eigenvalue weighted by molar-refractivity contribution is -0.120. The molecule has 3 aliphatic rings. The molecule has 3 aliphatic heterocycles. The topological polar surface area (TPSA) is 370 Å². The van der Waals surface area contributed by atoms with Crippen LogP contribution in [-0.2, 0) is 44.2 Å². The van der Waals surface area contributed by atoms with Gasteiger partial charge in [-0.1, -0.05) is 47.4 Å². The van der Waals surface area contributed by atoms with Gasteiger partial charge in [0.2, 0.25) is 17.1 Å². The van der Waals surface area contributed by atoms with Crippen molar-refractivity contribution in [1.29, 1.82) is 5.41 Å². The SMILES string of the molecule is CCOCN(CC)c1ccc(/N=N/C2NC(N3CCCCC3)=C(/C=C(\C(C)=O)C(=O)Nc3ccccc3S(=O)(=O)O)S2)c(NC(=N)/N=C(\NC)Nc2cc(N(CC)CC)ccc2/N=N/c2nc(N3CCCCC3)c(/C=C(/C(C)=O)C(=O)Nc3ccccc3S(=O)(=O)O)s2)c1. The number of benzene rings is 4. The molecule has 8 rings (SSSR count). The van der Waals surface area contributed by atoms with Gasteiger partial charge in [0.15, 0.2) is 17.1 Å². The number of nitrogens with one attached hydrogen (secondary N) is 7. The van der Waals surface area contributed by atoms with Gasteiger partial charge in [0.25, 0.3) is 32.1 Å². The standard InChI is InChI=1S/C62H77N17O11S4/c1-8-76(9-2)41-26-28-46(73-75-62-70-56(79-32-20-13-21-33-79)52(92-62)37-44(40(6)81)58(83)66-48-23-15-17-25-54(48)94(87,88)89)50(34-41)68-60(64-7)71-59(63)67-49-35-42(77(10-3)38-90-11-4)27-29-45(49)72-74-61-69-55(78-30-18-12-19-31-78)51(91-61)36-43(39(5)80)57(82)65-47-22-14-16-24-53(47)93(84,85)86/h14-17,22-29,34-37,61,69H,8-13,18-21,30-33,38H2,1-7H3,(H,65,82)(H,66,83)(H,84,85,86)(H,87,88,89)(H4,63,64,67,68,71)/b43-36+,44-37-,74-72+,75-73+. The summed E-state index contributed by atoms with van der Waals surface area (Å²) >= 11 is 2.30. The van der Waals surface area contributed by atoms with E-state index in [1.54, 1.807) is 25.2 Å². The van der Waals surface area contributed by atoms with Gasteiger partial charge in [-0.3, -0.25) is 33.7 Å². The predicted molar refractivity (Wildman–Crippen MR) is 368 cm³/mol. The van der Waals surface area contributed by atoms with Crippen molar-refractivity contribution >= 4 is 141 Å². The molecule has 0 saturated carbocycles. The number of carbonyl (C=O) groups is 4. The van der Waals surface area contributed by atoms with Crippen molar-refractivity contribution in [2.75, 3.05) is 102 Å². The fourth-order valence-corrected chi connectivity index (χ4v) is 13.4. The van der Waals surface area contributed by atoms with Crippen molar-refractivity contribution < 1.29 is 49.9 Å². The Morgan fingerprint density at radius 2 is 1.20 bits per heavy atom. The first-order valence-electron chi connectivity index (χ1n) is 30.5. The minimum Gasteiger partial charge on any atom is -0.372 e. The lowest BCUT2D eigenvalue weighted by Gasteiger charge is -2.30. The molecule has 4 aromatic carbocycles. The molecule has 2 saturated heterocycles. The third kappa shape index (κ3) is 18.7. The van der Waals surface area contributed by atoms with E-state index < -0.39 is 58.9 Å². The molecule has 500 valence electrons. The number of guanidine groups is 2. The number of aromatic nitrogens is 1. The number of para-hydroxylation sites is 2. The number of carbonyl (C=O) groups excluding carboxylic acids is 4. The number of thiazole rings is 1. The van der Waals surface area contributed by atoms with E-state index in [2.05, 4.69) is 56.9 Å². The monoisotopic (exact) mass is 1360 g/mol. The number of piperidine rings is 2. The second kappa shape index (κ2) is 32.8. The molecular weight excluding hydrogens is 1290 g/mol. The number of thioether (sulfide) groups is 1. The first-order valence-corrected chi connectivity index (χ1v) is 35.1. The van der Waals surface area contributed by atoms with Gasteiger partial charge in [0.1, 0.15) is 39.5 Å². The molecule has 0 bridgehead atoms. The van der Waals surface area contributed by atoms with E-state index in [4.69, 9.17) is 19.9 Å². The van der Waals surface area contributed by atoms with E-state index in [1.165, 1.54) is 74.2 Å². The van der Waals surface area contributed by atoms with Crippen LogP contribution >= 0.6 is 23.1 Å². The van der Waals surface area contributed by atoms with Gasteiger partial charge in [0, 0.05) is 70.8 Å². The second-order valence-corrected chi connectivity index (χ2v) is 26.4. The highest BCUT2D eigenvalue weighted by Gasteiger charge is 2.31. The average Bonchev–Trinajstić information content (AvgIpc) is 1.59. The minimum atomic E-state index is -4.73. The normalized spacial score (nSPS) is 15.9. The number of likely N-dealkylation sites (tertiary alicyclic amines) is 1. The minimum absolute atomic E-state index is 0.129. The van der Waals surface area contributed by atoms with Crippen LogP contribution in [0.3, 0.4) is 0 Å². The van der Waals surface area contributed by atoms with Crippen LogP contribution in [0.15, 0.2) is 148 Å². The number of hydrogen-bond acceptors (Lipinski definition) is 22. The molecule has 28 nitrogen and oxygen atoms in total. The number of amides is 2. The largest absolute Gasteiger partial charge is 0.372 e. The molecule has 1 aromatic heterocycles. The maximum absolute atomic E-state index is 13.8. The quantitative estimate of drug-likeness (QED) is 0.00363. The van der Waals surface area contributed by atoms with E-state index in [9.17, 15) is 50.5 Å². The second-order valence-electron chi connectivity index (χ2n) is 21.5. The summed E-state index contributed by atoms with van der Waals surface area (Å²) < 4.78 is 74.2. The summed E-state index contributed by atoms with van der Waals surface area (Å²) in [6.07, 6.45) is 8.41. The van der Waals surface area contributed by atoms with Gasteiger partial charge in [-0.2, -0.15) is 37.0 Å².